The van der Waals surface area contributed by atoms with Gasteiger partial charge < -0.3 is 9.52 Å². The zero-order chi connectivity index (χ0) is 10.1. The molecule has 0 radical (unpaired) electrons. The summed E-state index contributed by atoms with van der Waals surface area (Å²) in [5, 5.41) is 8.60. The number of hydrogen-bond donors (Lipinski definition) is 1. The minimum Gasteiger partial charge on any atom is -0.474 e. The SMILES string of the molecule is Cc1ccc(-c2cnc(C(=O)O)o2)s1. The van der Waals surface area contributed by atoms with Gasteiger partial charge in [-0.15, -0.1) is 11.3 Å². The Bertz CT molecular complexity index is 472. The molecule has 0 aliphatic heterocycles. The van der Waals surface area contributed by atoms with Crippen LogP contribution in [0.15, 0.2) is 22.7 Å². The predicted octanol–water partition coefficient (Wildman–Crippen LogP) is 2.41. The molecule has 0 aliphatic carbocycles. The van der Waals surface area contributed by atoms with E-state index < -0.39 is 5.97 Å². The lowest BCUT2D eigenvalue weighted by Crippen LogP contribution is -1.94. The first-order valence-corrected chi connectivity index (χ1v) is 4.74. The molecule has 0 aliphatic rings. The predicted molar refractivity (Wildman–Crippen MR) is 51.5 cm³/mol. The minimum absolute atomic E-state index is 0.272. The van der Waals surface area contributed by atoms with Crippen molar-refractivity contribution >= 4 is 17.3 Å². The van der Waals surface area contributed by atoms with Gasteiger partial charge in [-0.05, 0) is 19.1 Å². The van der Waals surface area contributed by atoms with Crippen molar-refractivity contribution in [3.63, 3.8) is 0 Å². The van der Waals surface area contributed by atoms with Crippen molar-refractivity contribution < 1.29 is 14.3 Å². The summed E-state index contributed by atoms with van der Waals surface area (Å²) in [7, 11) is 0. The molecule has 14 heavy (non-hydrogen) atoms. The second-order valence-electron chi connectivity index (χ2n) is 2.75. The fourth-order valence-electron chi connectivity index (χ4n) is 1.05. The highest BCUT2D eigenvalue weighted by Gasteiger charge is 2.12. The van der Waals surface area contributed by atoms with Crippen molar-refractivity contribution in [3.05, 3.63) is 29.1 Å². The van der Waals surface area contributed by atoms with Crippen molar-refractivity contribution in [2.75, 3.05) is 0 Å². The van der Waals surface area contributed by atoms with Gasteiger partial charge in [0, 0.05) is 4.88 Å². The van der Waals surface area contributed by atoms with Gasteiger partial charge in [0.15, 0.2) is 5.76 Å². The highest BCUT2D eigenvalue weighted by atomic mass is 32.1. The molecule has 0 saturated carbocycles. The summed E-state index contributed by atoms with van der Waals surface area (Å²) in [5.41, 5.74) is 0. The van der Waals surface area contributed by atoms with Crippen molar-refractivity contribution in [1.82, 2.24) is 4.98 Å². The lowest BCUT2D eigenvalue weighted by Gasteiger charge is -1.87. The molecule has 0 unspecified atom stereocenters. The van der Waals surface area contributed by atoms with Crippen LogP contribution in [0.5, 0.6) is 0 Å². The summed E-state index contributed by atoms with van der Waals surface area (Å²) >= 11 is 1.54. The monoisotopic (exact) mass is 209 g/mol. The number of rotatable bonds is 2. The number of carboxylic acids is 1. The Labute approximate surface area is 83.8 Å². The maximum atomic E-state index is 10.5. The molecule has 2 aromatic rings. The zero-order valence-corrected chi connectivity index (χ0v) is 8.17. The van der Waals surface area contributed by atoms with E-state index in [4.69, 9.17) is 9.52 Å². The van der Waals surface area contributed by atoms with E-state index in [2.05, 4.69) is 4.98 Å². The highest BCUT2D eigenvalue weighted by molar-refractivity contribution is 7.15. The molecule has 0 amide bonds. The molecule has 2 rings (SSSR count). The largest absolute Gasteiger partial charge is 0.474 e. The van der Waals surface area contributed by atoms with E-state index in [0.717, 1.165) is 9.75 Å². The number of aromatic carboxylic acids is 1. The summed E-state index contributed by atoms with van der Waals surface area (Å²) in [5.74, 6) is -0.920. The van der Waals surface area contributed by atoms with Gasteiger partial charge in [-0.2, -0.15) is 0 Å². The fourth-order valence-corrected chi connectivity index (χ4v) is 1.87. The van der Waals surface area contributed by atoms with Gasteiger partial charge in [0.05, 0.1) is 11.1 Å². The molecular weight excluding hydrogens is 202 g/mol. The number of aromatic nitrogens is 1. The number of hydrogen-bond acceptors (Lipinski definition) is 4. The lowest BCUT2D eigenvalue weighted by molar-refractivity contribution is 0.0654. The first-order valence-electron chi connectivity index (χ1n) is 3.93. The number of nitrogens with zero attached hydrogens (tertiary/aromatic N) is 1. The number of aryl methyl sites for hydroxylation is 1. The molecule has 72 valence electrons. The molecule has 0 atom stereocenters. The summed E-state index contributed by atoms with van der Waals surface area (Å²) in [6.07, 6.45) is 1.43. The summed E-state index contributed by atoms with van der Waals surface area (Å²) in [6.45, 7) is 1.97. The lowest BCUT2D eigenvalue weighted by atomic mass is 10.4. The number of carboxylic acid groups (broad SMARTS) is 1. The van der Waals surface area contributed by atoms with Crippen molar-refractivity contribution in [2.24, 2.45) is 0 Å². The van der Waals surface area contributed by atoms with E-state index in [0.29, 0.717) is 5.76 Å². The number of thiophene rings is 1. The van der Waals surface area contributed by atoms with E-state index in [-0.39, 0.29) is 5.89 Å². The normalized spacial score (nSPS) is 10.4. The number of oxazole rings is 1. The Morgan fingerprint density at radius 1 is 1.57 bits per heavy atom. The van der Waals surface area contributed by atoms with Crippen LogP contribution in [-0.2, 0) is 0 Å². The van der Waals surface area contributed by atoms with Crippen molar-refractivity contribution in [3.8, 4) is 10.6 Å². The standard InChI is InChI=1S/C9H7NO3S/c1-5-2-3-7(14-5)6-4-10-8(13-6)9(11)12/h2-4H,1H3,(H,11,12). The van der Waals surface area contributed by atoms with Crippen LogP contribution in [0.3, 0.4) is 0 Å². The van der Waals surface area contributed by atoms with E-state index in [1.165, 1.54) is 17.5 Å². The molecule has 5 heteroatoms. The van der Waals surface area contributed by atoms with Gasteiger partial charge in [-0.3, -0.25) is 0 Å². The third-order valence-electron chi connectivity index (χ3n) is 1.67. The summed E-state index contributed by atoms with van der Waals surface area (Å²) in [6, 6.07) is 3.83. The fraction of sp³-hybridized carbons (Fsp3) is 0.111. The molecule has 0 bridgehead atoms. The molecule has 1 N–H and O–H groups in total. The Morgan fingerprint density at radius 2 is 2.36 bits per heavy atom. The highest BCUT2D eigenvalue weighted by Crippen LogP contribution is 2.27. The van der Waals surface area contributed by atoms with Crippen LogP contribution >= 0.6 is 11.3 Å². The van der Waals surface area contributed by atoms with Gasteiger partial charge in [-0.25, -0.2) is 9.78 Å². The van der Waals surface area contributed by atoms with E-state index in [1.807, 2.05) is 19.1 Å². The van der Waals surface area contributed by atoms with Crippen LogP contribution in [-0.4, -0.2) is 16.1 Å². The van der Waals surface area contributed by atoms with E-state index >= 15 is 0 Å². The van der Waals surface area contributed by atoms with E-state index in [1.54, 1.807) is 0 Å². The Hall–Kier alpha value is -1.62. The second kappa shape index (κ2) is 3.26. The van der Waals surface area contributed by atoms with Crippen molar-refractivity contribution in [1.29, 1.82) is 0 Å². The van der Waals surface area contributed by atoms with Crippen LogP contribution in [0.25, 0.3) is 10.6 Å². The molecule has 4 nitrogen and oxygen atoms in total. The zero-order valence-electron chi connectivity index (χ0n) is 7.35. The minimum atomic E-state index is -1.15. The van der Waals surface area contributed by atoms with Crippen LogP contribution in [0.2, 0.25) is 0 Å². The van der Waals surface area contributed by atoms with Gasteiger partial charge in [0.25, 0.3) is 0 Å². The smallest absolute Gasteiger partial charge is 0.392 e. The summed E-state index contributed by atoms with van der Waals surface area (Å²) in [4.78, 5) is 16.2. The van der Waals surface area contributed by atoms with Crippen LogP contribution in [0.1, 0.15) is 15.6 Å². The van der Waals surface area contributed by atoms with Crippen LogP contribution in [0, 0.1) is 6.92 Å². The third-order valence-corrected chi connectivity index (χ3v) is 2.69. The van der Waals surface area contributed by atoms with E-state index in [9.17, 15) is 4.79 Å². The van der Waals surface area contributed by atoms with Crippen LogP contribution < -0.4 is 0 Å². The molecular formula is C9H7NO3S. The Kier molecular flexibility index (Phi) is 2.09. The Morgan fingerprint density at radius 3 is 2.86 bits per heavy atom. The topological polar surface area (TPSA) is 63.3 Å². The number of carbonyl (C=O) groups is 1. The van der Waals surface area contributed by atoms with Gasteiger partial charge >= 0.3 is 11.9 Å². The maximum Gasteiger partial charge on any atom is 0.392 e. The van der Waals surface area contributed by atoms with Crippen molar-refractivity contribution in [2.45, 2.75) is 6.92 Å². The first-order chi connectivity index (χ1) is 6.66. The average Bonchev–Trinajstić information content (AvgIpc) is 2.70. The van der Waals surface area contributed by atoms with Gasteiger partial charge in [-0.1, -0.05) is 0 Å². The molecule has 2 heterocycles. The van der Waals surface area contributed by atoms with Gasteiger partial charge in [0.2, 0.25) is 0 Å². The first kappa shape index (κ1) is 8.96. The Balaban J connectivity index is 2.38. The molecule has 0 aromatic carbocycles. The maximum absolute atomic E-state index is 10.5. The summed E-state index contributed by atoms with van der Waals surface area (Å²) < 4.78 is 5.04. The molecule has 0 spiro atoms. The van der Waals surface area contributed by atoms with Gasteiger partial charge in [0.1, 0.15) is 0 Å². The molecule has 0 saturated heterocycles. The third kappa shape index (κ3) is 1.54. The average molecular weight is 209 g/mol. The quantitative estimate of drug-likeness (QED) is 0.824. The van der Waals surface area contributed by atoms with Crippen LogP contribution in [0.4, 0.5) is 0 Å². The molecule has 0 fully saturated rings. The molecule has 2 aromatic heterocycles. The second-order valence-corrected chi connectivity index (χ2v) is 4.03.